The first-order valence-electron chi connectivity index (χ1n) is 14.6. The Morgan fingerprint density at radius 3 is 2.19 bits per heavy atom. The van der Waals surface area contributed by atoms with Gasteiger partial charge in [0.25, 0.3) is 10.0 Å². The zero-order chi connectivity index (χ0) is 30.1. The van der Waals surface area contributed by atoms with Crippen LogP contribution in [0.1, 0.15) is 50.2 Å². The van der Waals surface area contributed by atoms with Crippen LogP contribution in [-0.2, 0) is 26.0 Å². The number of benzene rings is 3. The minimum absolute atomic E-state index is 0.0403. The predicted octanol–water partition coefficient (Wildman–Crippen LogP) is 5.11. The third-order valence-electron chi connectivity index (χ3n) is 7.82. The lowest BCUT2D eigenvalue weighted by Gasteiger charge is -2.33. The Hall–Kier alpha value is -3.85. The van der Waals surface area contributed by atoms with E-state index in [-0.39, 0.29) is 23.4 Å². The molecular formula is C33H41N3O5S. The molecule has 1 aliphatic carbocycles. The van der Waals surface area contributed by atoms with Crippen LogP contribution in [0.5, 0.6) is 5.75 Å². The number of anilines is 1. The van der Waals surface area contributed by atoms with Crippen LogP contribution in [-0.4, -0.2) is 57.4 Å². The molecule has 3 aromatic carbocycles. The zero-order valence-corrected chi connectivity index (χ0v) is 25.5. The molecule has 0 aromatic heterocycles. The number of rotatable bonds is 13. The molecule has 0 spiro atoms. The van der Waals surface area contributed by atoms with Crippen molar-refractivity contribution in [3.05, 3.63) is 90.0 Å². The SMILES string of the molecule is CC[C@H](C(=O)NC1CCCC1)N(CCc1ccccc1)C(=O)CN(c1ccc(C)cc1)S(=O)(=O)c1ccc(OC)cc1. The summed E-state index contributed by atoms with van der Waals surface area (Å²) in [5.74, 6) is -0.0965. The fraction of sp³-hybridized carbons (Fsp3) is 0.394. The maximum absolute atomic E-state index is 14.2. The lowest BCUT2D eigenvalue weighted by Crippen LogP contribution is -2.54. The summed E-state index contributed by atoms with van der Waals surface area (Å²) in [6.45, 7) is 3.63. The van der Waals surface area contributed by atoms with Gasteiger partial charge in [-0.05, 0) is 74.6 Å². The highest BCUT2D eigenvalue weighted by Gasteiger charge is 2.34. The minimum atomic E-state index is -4.13. The molecule has 8 nitrogen and oxygen atoms in total. The second-order valence-electron chi connectivity index (χ2n) is 10.8. The van der Waals surface area contributed by atoms with Gasteiger partial charge < -0.3 is 15.0 Å². The highest BCUT2D eigenvalue weighted by Crippen LogP contribution is 2.26. The maximum atomic E-state index is 14.2. The number of methoxy groups -OCH3 is 1. The number of aryl methyl sites for hydroxylation is 1. The van der Waals surface area contributed by atoms with Crippen LogP contribution in [0.4, 0.5) is 5.69 Å². The van der Waals surface area contributed by atoms with Crippen LogP contribution in [0, 0.1) is 6.92 Å². The first kappa shape index (κ1) is 31.1. The summed E-state index contributed by atoms with van der Waals surface area (Å²) in [5.41, 5.74) is 2.37. The predicted molar refractivity (Wildman–Crippen MR) is 165 cm³/mol. The van der Waals surface area contributed by atoms with Crippen LogP contribution in [0.15, 0.2) is 83.8 Å². The molecule has 0 aliphatic heterocycles. The second-order valence-corrected chi connectivity index (χ2v) is 12.6. The summed E-state index contributed by atoms with van der Waals surface area (Å²) in [6.07, 6.45) is 4.97. The number of hydrogen-bond donors (Lipinski definition) is 1. The largest absolute Gasteiger partial charge is 0.497 e. The number of ether oxygens (including phenoxy) is 1. The van der Waals surface area contributed by atoms with Gasteiger partial charge in [0, 0.05) is 12.6 Å². The Morgan fingerprint density at radius 1 is 0.952 bits per heavy atom. The van der Waals surface area contributed by atoms with Crippen molar-refractivity contribution in [2.24, 2.45) is 0 Å². The van der Waals surface area contributed by atoms with Gasteiger partial charge in [0.15, 0.2) is 0 Å². The monoisotopic (exact) mass is 591 g/mol. The van der Waals surface area contributed by atoms with Crippen molar-refractivity contribution in [1.82, 2.24) is 10.2 Å². The topological polar surface area (TPSA) is 96.0 Å². The second kappa shape index (κ2) is 14.4. The maximum Gasteiger partial charge on any atom is 0.264 e. The smallest absolute Gasteiger partial charge is 0.264 e. The normalized spacial score (nSPS) is 14.3. The van der Waals surface area contributed by atoms with E-state index < -0.39 is 28.5 Å². The molecule has 1 fully saturated rings. The molecule has 9 heteroatoms. The van der Waals surface area contributed by atoms with Crippen molar-refractivity contribution in [2.75, 3.05) is 24.5 Å². The summed E-state index contributed by atoms with van der Waals surface area (Å²) in [5, 5.41) is 3.14. The zero-order valence-electron chi connectivity index (χ0n) is 24.7. The molecule has 1 saturated carbocycles. The van der Waals surface area contributed by atoms with Crippen molar-refractivity contribution in [1.29, 1.82) is 0 Å². The van der Waals surface area contributed by atoms with E-state index in [2.05, 4.69) is 5.32 Å². The molecule has 0 bridgehead atoms. The van der Waals surface area contributed by atoms with Crippen molar-refractivity contribution in [2.45, 2.75) is 69.4 Å². The molecular weight excluding hydrogens is 550 g/mol. The summed E-state index contributed by atoms with van der Waals surface area (Å²) < 4.78 is 34.3. The van der Waals surface area contributed by atoms with Gasteiger partial charge in [0.1, 0.15) is 18.3 Å². The highest BCUT2D eigenvalue weighted by atomic mass is 32.2. The molecule has 0 saturated heterocycles. The lowest BCUT2D eigenvalue weighted by molar-refractivity contribution is -0.139. The third kappa shape index (κ3) is 7.70. The average Bonchev–Trinajstić information content (AvgIpc) is 3.52. The molecule has 1 atom stereocenters. The average molecular weight is 592 g/mol. The van der Waals surface area contributed by atoms with Crippen LogP contribution in [0.2, 0.25) is 0 Å². The van der Waals surface area contributed by atoms with E-state index >= 15 is 0 Å². The molecule has 2 amide bonds. The van der Waals surface area contributed by atoms with Gasteiger partial charge in [-0.2, -0.15) is 0 Å². The number of carbonyl (C=O) groups is 2. The fourth-order valence-electron chi connectivity index (χ4n) is 5.38. The van der Waals surface area contributed by atoms with E-state index in [9.17, 15) is 18.0 Å². The molecule has 4 rings (SSSR count). The Bertz CT molecular complexity index is 1420. The Balaban J connectivity index is 1.67. The quantitative estimate of drug-likeness (QED) is 0.298. The van der Waals surface area contributed by atoms with Crippen LogP contribution in [0.25, 0.3) is 0 Å². The van der Waals surface area contributed by atoms with Gasteiger partial charge in [-0.25, -0.2) is 8.42 Å². The van der Waals surface area contributed by atoms with Gasteiger partial charge in [0.05, 0.1) is 17.7 Å². The number of nitrogens with zero attached hydrogens (tertiary/aromatic N) is 2. The van der Waals surface area contributed by atoms with Gasteiger partial charge >= 0.3 is 0 Å². The van der Waals surface area contributed by atoms with Crippen LogP contribution in [0.3, 0.4) is 0 Å². The van der Waals surface area contributed by atoms with Crippen molar-refractivity contribution in [3.8, 4) is 5.75 Å². The number of amides is 2. The summed E-state index contributed by atoms with van der Waals surface area (Å²) in [7, 11) is -2.62. The first-order valence-corrected chi connectivity index (χ1v) is 16.0. The van der Waals surface area contributed by atoms with Gasteiger partial charge in [0.2, 0.25) is 11.8 Å². The molecule has 0 radical (unpaired) electrons. The Morgan fingerprint density at radius 2 is 1.60 bits per heavy atom. The third-order valence-corrected chi connectivity index (χ3v) is 9.61. The highest BCUT2D eigenvalue weighted by molar-refractivity contribution is 7.92. The lowest BCUT2D eigenvalue weighted by atomic mass is 10.1. The van der Waals surface area contributed by atoms with E-state index in [4.69, 9.17) is 4.74 Å². The standard InChI is InChI=1S/C33H41N3O5S/c1-4-31(33(38)34-27-12-8-9-13-27)35(23-22-26-10-6-5-7-11-26)32(37)24-36(28-16-14-25(2)15-17-28)42(39,40)30-20-18-29(41-3)19-21-30/h5-7,10-11,14-21,27,31H,4,8-9,12-13,22-24H2,1-3H3,(H,34,38)/t31-/m1/s1. The Kier molecular flexibility index (Phi) is 10.6. The summed E-state index contributed by atoms with van der Waals surface area (Å²) in [4.78, 5) is 29.3. The van der Waals surface area contributed by atoms with E-state index in [0.29, 0.717) is 24.3 Å². The Labute approximate surface area is 249 Å². The number of sulfonamides is 1. The fourth-order valence-corrected chi connectivity index (χ4v) is 6.79. The number of nitrogens with one attached hydrogen (secondary N) is 1. The summed E-state index contributed by atoms with van der Waals surface area (Å²) >= 11 is 0. The van der Waals surface area contributed by atoms with Crippen LogP contribution >= 0.6 is 0 Å². The molecule has 1 aliphatic rings. The molecule has 0 unspecified atom stereocenters. The van der Waals surface area contributed by atoms with E-state index in [1.165, 1.54) is 19.2 Å². The van der Waals surface area contributed by atoms with E-state index in [1.54, 1.807) is 29.2 Å². The van der Waals surface area contributed by atoms with Gasteiger partial charge in [-0.15, -0.1) is 0 Å². The first-order chi connectivity index (χ1) is 20.2. The van der Waals surface area contributed by atoms with Crippen LogP contribution < -0.4 is 14.4 Å². The van der Waals surface area contributed by atoms with Crippen molar-refractivity contribution in [3.63, 3.8) is 0 Å². The number of hydrogen-bond acceptors (Lipinski definition) is 5. The molecule has 1 N–H and O–H groups in total. The van der Waals surface area contributed by atoms with Crippen molar-refractivity contribution < 1.29 is 22.7 Å². The minimum Gasteiger partial charge on any atom is -0.497 e. The van der Waals surface area contributed by atoms with Crippen molar-refractivity contribution >= 4 is 27.5 Å². The van der Waals surface area contributed by atoms with Gasteiger partial charge in [-0.3, -0.25) is 13.9 Å². The molecule has 42 heavy (non-hydrogen) atoms. The van der Waals surface area contributed by atoms with Gasteiger partial charge in [-0.1, -0.05) is 67.8 Å². The summed E-state index contributed by atoms with van der Waals surface area (Å²) in [6, 6.07) is 22.3. The molecule has 0 heterocycles. The number of carbonyl (C=O) groups excluding carboxylic acids is 2. The molecule has 3 aromatic rings. The van der Waals surface area contributed by atoms with E-state index in [0.717, 1.165) is 41.1 Å². The van der Waals surface area contributed by atoms with E-state index in [1.807, 2.05) is 56.3 Å². The molecule has 224 valence electrons.